The zero-order valence-corrected chi connectivity index (χ0v) is 9.91. The van der Waals surface area contributed by atoms with E-state index in [0.717, 1.165) is 28.9 Å². The van der Waals surface area contributed by atoms with Gasteiger partial charge < -0.3 is 10.5 Å². The van der Waals surface area contributed by atoms with Crippen molar-refractivity contribution < 1.29 is 4.74 Å². The van der Waals surface area contributed by atoms with Crippen LogP contribution in [0.4, 0.5) is 0 Å². The highest BCUT2D eigenvalue weighted by Gasteiger charge is 2.22. The van der Waals surface area contributed by atoms with Crippen molar-refractivity contribution in [3.63, 3.8) is 0 Å². The first kappa shape index (κ1) is 11.5. The van der Waals surface area contributed by atoms with Gasteiger partial charge in [-0.15, -0.1) is 0 Å². The van der Waals surface area contributed by atoms with Crippen molar-refractivity contribution in [1.29, 1.82) is 0 Å². The molecule has 1 aliphatic carbocycles. The first-order valence-electron chi connectivity index (χ1n) is 5.58. The molecule has 1 aromatic rings. The summed E-state index contributed by atoms with van der Waals surface area (Å²) in [5.74, 6) is 1.64. The van der Waals surface area contributed by atoms with Gasteiger partial charge in [0.1, 0.15) is 5.75 Å². The number of rotatable bonds is 5. The lowest BCUT2D eigenvalue weighted by Gasteiger charge is -2.09. The first-order chi connectivity index (χ1) is 7.79. The molecule has 2 nitrogen and oxygen atoms in total. The van der Waals surface area contributed by atoms with Gasteiger partial charge in [0.05, 0.1) is 6.61 Å². The summed E-state index contributed by atoms with van der Waals surface area (Å²) in [4.78, 5) is 0. The largest absolute Gasteiger partial charge is 0.493 e. The Morgan fingerprint density at radius 3 is 2.94 bits per heavy atom. The molecule has 0 heterocycles. The summed E-state index contributed by atoms with van der Waals surface area (Å²) in [6.07, 6.45) is 6.44. The smallest absolute Gasteiger partial charge is 0.126 e. The maximum atomic E-state index is 5.95. The third kappa shape index (κ3) is 3.26. The summed E-state index contributed by atoms with van der Waals surface area (Å²) in [7, 11) is 0. The van der Waals surface area contributed by atoms with Gasteiger partial charge in [-0.3, -0.25) is 0 Å². The molecule has 1 aromatic carbocycles. The van der Waals surface area contributed by atoms with E-state index in [1.54, 1.807) is 0 Å². The molecule has 0 unspecified atom stereocenters. The summed E-state index contributed by atoms with van der Waals surface area (Å²) in [5.41, 5.74) is 6.43. The SMILES string of the molecule is NC/C=C/c1cc(Cl)ccc1OCC1CC1. The number of benzene rings is 1. The Hall–Kier alpha value is -0.990. The molecule has 0 amide bonds. The van der Waals surface area contributed by atoms with E-state index in [9.17, 15) is 0 Å². The molecule has 2 rings (SSSR count). The molecule has 0 saturated heterocycles. The van der Waals surface area contributed by atoms with Crippen LogP contribution in [0.1, 0.15) is 18.4 Å². The van der Waals surface area contributed by atoms with Crippen molar-refractivity contribution in [1.82, 2.24) is 0 Å². The Morgan fingerprint density at radius 1 is 1.44 bits per heavy atom. The van der Waals surface area contributed by atoms with Crippen molar-refractivity contribution in [2.75, 3.05) is 13.2 Å². The van der Waals surface area contributed by atoms with E-state index in [-0.39, 0.29) is 0 Å². The molecule has 16 heavy (non-hydrogen) atoms. The van der Waals surface area contributed by atoms with E-state index in [0.29, 0.717) is 6.54 Å². The van der Waals surface area contributed by atoms with Gasteiger partial charge in [0.25, 0.3) is 0 Å². The maximum absolute atomic E-state index is 5.95. The van der Waals surface area contributed by atoms with E-state index < -0.39 is 0 Å². The van der Waals surface area contributed by atoms with E-state index in [1.165, 1.54) is 12.8 Å². The minimum absolute atomic E-state index is 0.522. The van der Waals surface area contributed by atoms with Crippen molar-refractivity contribution in [3.05, 3.63) is 34.9 Å². The van der Waals surface area contributed by atoms with Crippen LogP contribution in [0.2, 0.25) is 5.02 Å². The molecule has 1 aliphatic rings. The first-order valence-corrected chi connectivity index (χ1v) is 5.96. The maximum Gasteiger partial charge on any atom is 0.126 e. The molecule has 0 radical (unpaired) electrons. The Kier molecular flexibility index (Phi) is 3.86. The molecule has 1 saturated carbocycles. The van der Waals surface area contributed by atoms with Crippen LogP contribution in [0.5, 0.6) is 5.75 Å². The molecular formula is C13H16ClNO. The zero-order chi connectivity index (χ0) is 11.4. The lowest BCUT2D eigenvalue weighted by atomic mass is 10.2. The van der Waals surface area contributed by atoms with Gasteiger partial charge in [-0.1, -0.05) is 23.8 Å². The van der Waals surface area contributed by atoms with Gasteiger partial charge in [0.2, 0.25) is 0 Å². The quantitative estimate of drug-likeness (QED) is 0.854. The van der Waals surface area contributed by atoms with Gasteiger partial charge in [0.15, 0.2) is 0 Å². The van der Waals surface area contributed by atoms with Crippen molar-refractivity contribution >= 4 is 17.7 Å². The Morgan fingerprint density at radius 2 is 2.25 bits per heavy atom. The fourth-order valence-corrected chi connectivity index (χ4v) is 1.65. The number of halogens is 1. The monoisotopic (exact) mass is 237 g/mol. The second kappa shape index (κ2) is 5.37. The van der Waals surface area contributed by atoms with Gasteiger partial charge in [-0.2, -0.15) is 0 Å². The third-order valence-electron chi connectivity index (χ3n) is 2.58. The second-order valence-corrected chi connectivity index (χ2v) is 4.51. The van der Waals surface area contributed by atoms with Gasteiger partial charge in [-0.05, 0) is 37.0 Å². The van der Waals surface area contributed by atoms with E-state index in [2.05, 4.69) is 0 Å². The molecule has 0 spiro atoms. The standard InChI is InChI=1S/C13H16ClNO/c14-12-5-6-13(16-9-10-3-4-10)11(8-12)2-1-7-15/h1-2,5-6,8,10H,3-4,7,9,15H2/b2-1+. The zero-order valence-electron chi connectivity index (χ0n) is 9.16. The molecule has 86 valence electrons. The van der Waals surface area contributed by atoms with Crippen LogP contribution in [0, 0.1) is 5.92 Å². The number of ether oxygens (including phenoxy) is 1. The Balaban J connectivity index is 2.09. The molecule has 2 N–H and O–H groups in total. The normalized spacial score (nSPS) is 15.6. The lowest BCUT2D eigenvalue weighted by Crippen LogP contribution is -2.00. The van der Waals surface area contributed by atoms with Crippen LogP contribution >= 0.6 is 11.6 Å². The number of hydrogen-bond acceptors (Lipinski definition) is 2. The van der Waals surface area contributed by atoms with Crippen LogP contribution < -0.4 is 10.5 Å². The average Bonchev–Trinajstić information content (AvgIpc) is 3.09. The Labute approximate surface area is 101 Å². The number of hydrogen-bond donors (Lipinski definition) is 1. The highest BCUT2D eigenvalue weighted by Crippen LogP contribution is 2.31. The minimum Gasteiger partial charge on any atom is -0.493 e. The van der Waals surface area contributed by atoms with Crippen molar-refractivity contribution in [2.45, 2.75) is 12.8 Å². The molecule has 1 fully saturated rings. The van der Waals surface area contributed by atoms with Crippen LogP contribution in [-0.2, 0) is 0 Å². The minimum atomic E-state index is 0.522. The van der Waals surface area contributed by atoms with Gasteiger partial charge in [0, 0.05) is 17.1 Å². The van der Waals surface area contributed by atoms with E-state index in [4.69, 9.17) is 22.1 Å². The molecule has 0 aliphatic heterocycles. The van der Waals surface area contributed by atoms with E-state index in [1.807, 2.05) is 30.4 Å². The van der Waals surface area contributed by atoms with Crippen LogP contribution in [0.3, 0.4) is 0 Å². The van der Waals surface area contributed by atoms with Gasteiger partial charge in [-0.25, -0.2) is 0 Å². The van der Waals surface area contributed by atoms with Crippen LogP contribution in [0.25, 0.3) is 6.08 Å². The predicted molar refractivity (Wildman–Crippen MR) is 67.8 cm³/mol. The van der Waals surface area contributed by atoms with Gasteiger partial charge >= 0.3 is 0 Å². The third-order valence-corrected chi connectivity index (χ3v) is 2.81. The summed E-state index contributed by atoms with van der Waals surface area (Å²) in [5, 5.41) is 0.718. The summed E-state index contributed by atoms with van der Waals surface area (Å²) in [6, 6.07) is 5.67. The summed E-state index contributed by atoms with van der Waals surface area (Å²) < 4.78 is 5.76. The second-order valence-electron chi connectivity index (χ2n) is 4.07. The summed E-state index contributed by atoms with van der Waals surface area (Å²) in [6.45, 7) is 1.33. The predicted octanol–water partition coefficient (Wildman–Crippen LogP) is 3.10. The fraction of sp³-hybridized carbons (Fsp3) is 0.385. The highest BCUT2D eigenvalue weighted by molar-refractivity contribution is 6.30. The summed E-state index contributed by atoms with van der Waals surface area (Å²) >= 11 is 5.95. The Bertz CT molecular complexity index is 386. The average molecular weight is 238 g/mol. The van der Waals surface area contributed by atoms with Crippen molar-refractivity contribution in [3.8, 4) is 5.75 Å². The topological polar surface area (TPSA) is 35.2 Å². The lowest BCUT2D eigenvalue weighted by molar-refractivity contribution is 0.299. The van der Waals surface area contributed by atoms with Crippen molar-refractivity contribution in [2.24, 2.45) is 11.7 Å². The molecular weight excluding hydrogens is 222 g/mol. The van der Waals surface area contributed by atoms with Crippen LogP contribution in [0.15, 0.2) is 24.3 Å². The molecule has 0 atom stereocenters. The van der Waals surface area contributed by atoms with Crippen LogP contribution in [-0.4, -0.2) is 13.2 Å². The van der Waals surface area contributed by atoms with E-state index >= 15 is 0 Å². The highest BCUT2D eigenvalue weighted by atomic mass is 35.5. The fourth-order valence-electron chi connectivity index (χ4n) is 1.47. The molecule has 0 bridgehead atoms. The number of nitrogens with two attached hydrogens (primary N) is 1. The molecule has 3 heteroatoms. The molecule has 0 aromatic heterocycles.